The highest BCUT2D eigenvalue weighted by Crippen LogP contribution is 2.24. The van der Waals surface area contributed by atoms with Crippen molar-refractivity contribution in [3.8, 4) is 0 Å². The van der Waals surface area contributed by atoms with Crippen LogP contribution in [0.5, 0.6) is 0 Å². The summed E-state index contributed by atoms with van der Waals surface area (Å²) in [7, 11) is 0. The fourth-order valence-corrected chi connectivity index (χ4v) is 3.11. The molecule has 0 spiro atoms. The lowest BCUT2D eigenvalue weighted by atomic mass is 10.1. The van der Waals surface area contributed by atoms with Gasteiger partial charge in [0.15, 0.2) is 0 Å². The lowest BCUT2D eigenvalue weighted by molar-refractivity contribution is 0.0984. The Labute approximate surface area is 172 Å². The van der Waals surface area contributed by atoms with E-state index >= 15 is 0 Å². The molecule has 0 aliphatic heterocycles. The van der Waals surface area contributed by atoms with Crippen LogP contribution in [0, 0.1) is 11.6 Å². The number of hydrogen-bond acceptors (Lipinski definition) is 3. The van der Waals surface area contributed by atoms with E-state index in [0.29, 0.717) is 17.8 Å². The monoisotopic (exact) mass is 404 g/mol. The Morgan fingerprint density at radius 3 is 2.47 bits per heavy atom. The maximum absolute atomic E-state index is 14.5. The molecule has 0 aliphatic carbocycles. The zero-order chi connectivity index (χ0) is 20.9. The molecule has 0 aliphatic rings. The second kappa shape index (κ2) is 8.65. The van der Waals surface area contributed by atoms with Gasteiger partial charge in [-0.25, -0.2) is 8.78 Å². The van der Waals surface area contributed by atoms with Crippen LogP contribution in [0.1, 0.15) is 21.6 Å². The fraction of sp³-hybridized carbons (Fsp3) is 0.0870. The van der Waals surface area contributed by atoms with E-state index in [1.165, 1.54) is 11.0 Å². The summed E-state index contributed by atoms with van der Waals surface area (Å²) in [6.45, 7) is 0.628. The van der Waals surface area contributed by atoms with Gasteiger partial charge in [0.1, 0.15) is 11.6 Å². The fourth-order valence-electron chi connectivity index (χ4n) is 3.11. The summed E-state index contributed by atoms with van der Waals surface area (Å²) in [5.74, 6) is -1.92. The summed E-state index contributed by atoms with van der Waals surface area (Å²) in [4.78, 5) is 18.7. The molecule has 2 heterocycles. The highest BCUT2D eigenvalue weighted by Gasteiger charge is 2.22. The summed E-state index contributed by atoms with van der Waals surface area (Å²) in [6.07, 6.45) is 5.15. The Kier molecular flexibility index (Phi) is 5.61. The summed E-state index contributed by atoms with van der Waals surface area (Å²) in [6, 6.07) is 17.3. The molecule has 4 aromatic rings. The van der Waals surface area contributed by atoms with Crippen molar-refractivity contribution in [3.05, 3.63) is 114 Å². The van der Waals surface area contributed by atoms with Crippen LogP contribution in [0.3, 0.4) is 0 Å². The number of anilines is 1. The van der Waals surface area contributed by atoms with Crippen molar-refractivity contribution in [2.24, 2.45) is 0 Å². The molecule has 5 nitrogen and oxygen atoms in total. The number of nitrogens with zero attached hydrogens (tertiary/aromatic N) is 4. The maximum Gasteiger partial charge on any atom is 0.258 e. The van der Waals surface area contributed by atoms with Gasteiger partial charge >= 0.3 is 0 Å². The first-order chi connectivity index (χ1) is 14.6. The molecule has 0 saturated heterocycles. The Hall–Kier alpha value is -3.87. The van der Waals surface area contributed by atoms with Crippen LogP contribution in [-0.4, -0.2) is 20.7 Å². The maximum atomic E-state index is 14.5. The molecule has 0 radical (unpaired) electrons. The lowest BCUT2D eigenvalue weighted by Crippen LogP contribution is -2.31. The number of benzene rings is 2. The van der Waals surface area contributed by atoms with Gasteiger partial charge in [0, 0.05) is 30.2 Å². The average molecular weight is 404 g/mol. The van der Waals surface area contributed by atoms with Gasteiger partial charge in [0.2, 0.25) is 0 Å². The number of pyridine rings is 1. The minimum Gasteiger partial charge on any atom is -0.299 e. The van der Waals surface area contributed by atoms with Crippen LogP contribution in [0.25, 0.3) is 0 Å². The average Bonchev–Trinajstić information content (AvgIpc) is 3.26. The van der Waals surface area contributed by atoms with E-state index < -0.39 is 17.5 Å². The number of carbonyl (C=O) groups excluding carboxylic acids is 1. The molecule has 0 unspecified atom stereocenters. The van der Waals surface area contributed by atoms with E-state index in [4.69, 9.17) is 0 Å². The molecule has 150 valence electrons. The Morgan fingerprint density at radius 1 is 0.967 bits per heavy atom. The third-order valence-electron chi connectivity index (χ3n) is 4.60. The van der Waals surface area contributed by atoms with Crippen molar-refractivity contribution in [1.82, 2.24) is 14.8 Å². The largest absolute Gasteiger partial charge is 0.299 e. The first-order valence-electron chi connectivity index (χ1n) is 9.33. The quantitative estimate of drug-likeness (QED) is 0.477. The molecule has 0 fully saturated rings. The van der Waals surface area contributed by atoms with Crippen LogP contribution in [-0.2, 0) is 13.1 Å². The predicted molar refractivity (Wildman–Crippen MR) is 109 cm³/mol. The zero-order valence-electron chi connectivity index (χ0n) is 16.0. The van der Waals surface area contributed by atoms with E-state index in [0.717, 1.165) is 17.7 Å². The molecule has 0 atom stereocenters. The molecule has 1 amide bonds. The summed E-state index contributed by atoms with van der Waals surface area (Å²) >= 11 is 0. The number of amides is 1. The summed E-state index contributed by atoms with van der Waals surface area (Å²) in [5, 5.41) is 4.16. The number of rotatable bonds is 6. The van der Waals surface area contributed by atoms with Crippen LogP contribution in [0.2, 0.25) is 0 Å². The van der Waals surface area contributed by atoms with Crippen molar-refractivity contribution in [2.45, 2.75) is 13.1 Å². The smallest absolute Gasteiger partial charge is 0.258 e. The van der Waals surface area contributed by atoms with Gasteiger partial charge in [0.25, 0.3) is 5.91 Å². The molecule has 4 rings (SSSR count). The van der Waals surface area contributed by atoms with Crippen molar-refractivity contribution in [1.29, 1.82) is 0 Å². The Balaban J connectivity index is 1.63. The van der Waals surface area contributed by atoms with Gasteiger partial charge in [-0.05, 0) is 48.0 Å². The van der Waals surface area contributed by atoms with Gasteiger partial charge in [-0.3, -0.25) is 19.4 Å². The molecule has 7 heteroatoms. The Morgan fingerprint density at radius 2 is 1.80 bits per heavy atom. The van der Waals surface area contributed by atoms with Crippen molar-refractivity contribution in [3.63, 3.8) is 0 Å². The van der Waals surface area contributed by atoms with Crippen LogP contribution >= 0.6 is 0 Å². The van der Waals surface area contributed by atoms with E-state index in [2.05, 4.69) is 10.1 Å². The zero-order valence-corrected chi connectivity index (χ0v) is 16.0. The molecule has 0 N–H and O–H groups in total. The van der Waals surface area contributed by atoms with Crippen LogP contribution < -0.4 is 4.90 Å². The summed E-state index contributed by atoms with van der Waals surface area (Å²) in [5.41, 5.74) is 1.94. The topological polar surface area (TPSA) is 51.0 Å². The number of hydrogen-bond donors (Lipinski definition) is 0. The first kappa shape index (κ1) is 19.4. The Bertz CT molecular complexity index is 1130. The van der Waals surface area contributed by atoms with Crippen molar-refractivity contribution in [2.75, 3.05) is 4.90 Å². The third-order valence-corrected chi connectivity index (χ3v) is 4.60. The van der Waals surface area contributed by atoms with E-state index in [-0.39, 0.29) is 12.2 Å². The number of halogens is 2. The van der Waals surface area contributed by atoms with Gasteiger partial charge in [-0.15, -0.1) is 0 Å². The van der Waals surface area contributed by atoms with Gasteiger partial charge in [-0.2, -0.15) is 5.10 Å². The van der Waals surface area contributed by atoms with Crippen LogP contribution in [0.15, 0.2) is 85.3 Å². The molecule has 0 bridgehead atoms. The van der Waals surface area contributed by atoms with Crippen molar-refractivity contribution >= 4 is 11.6 Å². The number of carbonyl (C=O) groups is 1. The van der Waals surface area contributed by atoms with Crippen LogP contribution in [0.4, 0.5) is 14.5 Å². The first-order valence-corrected chi connectivity index (χ1v) is 9.33. The highest BCUT2D eigenvalue weighted by molar-refractivity contribution is 6.06. The highest BCUT2D eigenvalue weighted by atomic mass is 19.1. The standard InChI is InChI=1S/C23H18F2N4O/c24-19-9-10-22(21(25)14-19)29(16-20-4-1-2-11-26-20)23(30)18-7-5-17(6-8-18)15-28-13-3-12-27-28/h1-14H,15-16H2. The van der Waals surface area contributed by atoms with Gasteiger partial charge in [0.05, 0.1) is 24.5 Å². The van der Waals surface area contributed by atoms with Gasteiger partial charge in [-0.1, -0.05) is 18.2 Å². The van der Waals surface area contributed by atoms with E-state index in [1.807, 2.05) is 24.4 Å². The second-order valence-electron chi connectivity index (χ2n) is 6.71. The normalized spacial score (nSPS) is 10.7. The van der Waals surface area contributed by atoms with Crippen molar-refractivity contribution < 1.29 is 13.6 Å². The minimum absolute atomic E-state index is 0.00679. The lowest BCUT2D eigenvalue weighted by Gasteiger charge is -2.23. The summed E-state index contributed by atoms with van der Waals surface area (Å²) < 4.78 is 29.7. The molecule has 30 heavy (non-hydrogen) atoms. The molecule has 0 saturated carbocycles. The SMILES string of the molecule is O=C(c1ccc(Cn2cccn2)cc1)N(Cc1ccccn1)c1ccc(F)cc1F. The molecule has 2 aromatic heterocycles. The second-order valence-corrected chi connectivity index (χ2v) is 6.71. The number of aromatic nitrogens is 3. The predicted octanol–water partition coefficient (Wildman–Crippen LogP) is 4.45. The molecular formula is C23H18F2N4O. The third kappa shape index (κ3) is 4.41. The van der Waals surface area contributed by atoms with Gasteiger partial charge < -0.3 is 0 Å². The minimum atomic E-state index is -0.811. The molecular weight excluding hydrogens is 386 g/mol. The van der Waals surface area contributed by atoms with E-state index in [1.54, 1.807) is 47.4 Å². The van der Waals surface area contributed by atoms with E-state index in [9.17, 15) is 13.6 Å². The molecule has 2 aromatic carbocycles.